The van der Waals surface area contributed by atoms with Crippen molar-refractivity contribution in [1.29, 1.82) is 0 Å². The fourth-order valence-corrected chi connectivity index (χ4v) is 1.88. The molecule has 78 valence electrons. The Balaban J connectivity index is 0.000000980. The number of rotatable bonds is 3. The molecule has 0 radical (unpaired) electrons. The van der Waals surface area contributed by atoms with Crippen LogP contribution in [0.2, 0.25) is 5.02 Å². The van der Waals surface area contributed by atoms with E-state index in [0.29, 0.717) is 5.41 Å². The van der Waals surface area contributed by atoms with Crippen molar-refractivity contribution in [2.45, 2.75) is 19.3 Å². The first kappa shape index (κ1) is 11.8. The zero-order chi connectivity index (χ0) is 9.31. The van der Waals surface area contributed by atoms with E-state index in [1.165, 1.54) is 18.4 Å². The van der Waals surface area contributed by atoms with Crippen LogP contribution in [0.4, 0.5) is 0 Å². The van der Waals surface area contributed by atoms with Crippen LogP contribution in [0.1, 0.15) is 18.4 Å². The minimum Gasteiger partial charge on any atom is -0.330 e. The van der Waals surface area contributed by atoms with Gasteiger partial charge in [-0.3, -0.25) is 0 Å². The van der Waals surface area contributed by atoms with E-state index < -0.39 is 0 Å². The third-order valence-electron chi connectivity index (χ3n) is 2.91. The Labute approximate surface area is 96.0 Å². The fraction of sp³-hybridized carbons (Fsp3) is 0.455. The quantitative estimate of drug-likeness (QED) is 0.851. The molecule has 2 N–H and O–H groups in total. The van der Waals surface area contributed by atoms with Crippen LogP contribution in [-0.2, 0) is 6.42 Å². The van der Waals surface area contributed by atoms with Gasteiger partial charge < -0.3 is 5.73 Å². The summed E-state index contributed by atoms with van der Waals surface area (Å²) < 4.78 is 0. The maximum Gasteiger partial charge on any atom is 0.0438 e. The first-order chi connectivity index (χ1) is 6.26. The van der Waals surface area contributed by atoms with E-state index >= 15 is 0 Å². The molecular formula is C11H15Cl2N. The van der Waals surface area contributed by atoms with Crippen LogP contribution in [0.5, 0.6) is 0 Å². The van der Waals surface area contributed by atoms with Crippen LogP contribution in [0.3, 0.4) is 0 Å². The topological polar surface area (TPSA) is 26.0 Å². The largest absolute Gasteiger partial charge is 0.330 e. The average molecular weight is 232 g/mol. The molecule has 14 heavy (non-hydrogen) atoms. The van der Waals surface area contributed by atoms with Gasteiger partial charge >= 0.3 is 0 Å². The summed E-state index contributed by atoms with van der Waals surface area (Å²) in [5, 5.41) is 0.877. The molecule has 1 fully saturated rings. The van der Waals surface area contributed by atoms with E-state index in [1.54, 1.807) is 0 Å². The summed E-state index contributed by atoms with van der Waals surface area (Å²) in [5.41, 5.74) is 7.35. The van der Waals surface area contributed by atoms with E-state index in [2.05, 4.69) is 6.07 Å². The van der Waals surface area contributed by atoms with Crippen molar-refractivity contribution in [3.8, 4) is 0 Å². The molecule has 0 aromatic heterocycles. The molecule has 1 aromatic carbocycles. The molecule has 3 heteroatoms. The smallest absolute Gasteiger partial charge is 0.0438 e. The van der Waals surface area contributed by atoms with Gasteiger partial charge in [-0.2, -0.15) is 0 Å². The van der Waals surface area contributed by atoms with Crippen molar-refractivity contribution in [1.82, 2.24) is 0 Å². The maximum absolute atomic E-state index is 6.07. The summed E-state index contributed by atoms with van der Waals surface area (Å²) in [6, 6.07) is 8.04. The van der Waals surface area contributed by atoms with Crippen LogP contribution in [0.25, 0.3) is 0 Å². The minimum absolute atomic E-state index is 0. The maximum atomic E-state index is 6.07. The molecule has 2 rings (SSSR count). The molecule has 0 bridgehead atoms. The van der Waals surface area contributed by atoms with Crippen LogP contribution in [0.15, 0.2) is 24.3 Å². The van der Waals surface area contributed by atoms with Gasteiger partial charge in [-0.15, -0.1) is 12.4 Å². The standard InChI is InChI=1S/C11H14ClN.ClH/c12-10-4-2-1-3-9(10)7-11(8-13)5-6-11;/h1-4H,5-8,13H2;1H. The zero-order valence-electron chi connectivity index (χ0n) is 8.00. The Kier molecular flexibility index (Phi) is 3.82. The van der Waals surface area contributed by atoms with Gasteiger partial charge in [0.05, 0.1) is 0 Å². The van der Waals surface area contributed by atoms with Crippen LogP contribution < -0.4 is 5.73 Å². The molecule has 0 spiro atoms. The van der Waals surface area contributed by atoms with Gasteiger partial charge in [-0.25, -0.2) is 0 Å². The van der Waals surface area contributed by atoms with E-state index in [0.717, 1.165) is 18.0 Å². The fourth-order valence-electron chi connectivity index (χ4n) is 1.68. The highest BCUT2D eigenvalue weighted by molar-refractivity contribution is 6.31. The van der Waals surface area contributed by atoms with Gasteiger partial charge in [0.15, 0.2) is 0 Å². The Morgan fingerprint density at radius 1 is 1.29 bits per heavy atom. The minimum atomic E-state index is 0. The molecular weight excluding hydrogens is 217 g/mol. The molecule has 1 aromatic rings. The molecule has 0 atom stereocenters. The lowest BCUT2D eigenvalue weighted by Crippen LogP contribution is -2.17. The number of hydrogen-bond acceptors (Lipinski definition) is 1. The normalized spacial score (nSPS) is 17.3. The average Bonchev–Trinajstić information content (AvgIpc) is 2.90. The summed E-state index contributed by atoms with van der Waals surface area (Å²) >= 11 is 6.07. The predicted molar refractivity (Wildman–Crippen MR) is 63.1 cm³/mol. The predicted octanol–water partition coefficient (Wildman–Crippen LogP) is 3.04. The molecule has 0 heterocycles. The van der Waals surface area contributed by atoms with E-state index in [4.69, 9.17) is 17.3 Å². The summed E-state index contributed by atoms with van der Waals surface area (Å²) in [5.74, 6) is 0. The SMILES string of the molecule is Cl.NCC1(Cc2ccccc2Cl)CC1. The first-order valence-electron chi connectivity index (χ1n) is 4.69. The highest BCUT2D eigenvalue weighted by Gasteiger charge is 2.41. The first-order valence-corrected chi connectivity index (χ1v) is 5.07. The molecule has 0 unspecified atom stereocenters. The lowest BCUT2D eigenvalue weighted by atomic mass is 9.97. The molecule has 1 aliphatic rings. The van der Waals surface area contributed by atoms with Crippen molar-refractivity contribution in [3.05, 3.63) is 34.9 Å². The van der Waals surface area contributed by atoms with Gasteiger partial charge in [0, 0.05) is 5.02 Å². The molecule has 0 aliphatic heterocycles. The highest BCUT2D eigenvalue weighted by Crippen LogP contribution is 2.47. The molecule has 1 saturated carbocycles. The van der Waals surface area contributed by atoms with Gasteiger partial charge in [0.2, 0.25) is 0 Å². The van der Waals surface area contributed by atoms with Crippen LogP contribution >= 0.6 is 24.0 Å². The van der Waals surface area contributed by atoms with Crippen molar-refractivity contribution in [2.24, 2.45) is 11.1 Å². The van der Waals surface area contributed by atoms with E-state index in [-0.39, 0.29) is 12.4 Å². The van der Waals surface area contributed by atoms with Crippen molar-refractivity contribution < 1.29 is 0 Å². The second kappa shape index (κ2) is 4.52. The second-order valence-corrected chi connectivity index (χ2v) is 4.38. The highest BCUT2D eigenvalue weighted by atomic mass is 35.5. The second-order valence-electron chi connectivity index (χ2n) is 3.97. The number of benzene rings is 1. The summed E-state index contributed by atoms with van der Waals surface area (Å²) in [6.07, 6.45) is 3.56. The lowest BCUT2D eigenvalue weighted by Gasteiger charge is -2.12. The summed E-state index contributed by atoms with van der Waals surface area (Å²) in [6.45, 7) is 0.790. The Hall–Kier alpha value is -0.240. The number of nitrogens with two attached hydrogens (primary N) is 1. The third kappa shape index (κ3) is 2.41. The lowest BCUT2D eigenvalue weighted by molar-refractivity contribution is 0.521. The Bertz CT molecular complexity index is 308. The van der Waals surface area contributed by atoms with Crippen molar-refractivity contribution >= 4 is 24.0 Å². The monoisotopic (exact) mass is 231 g/mol. The van der Waals surface area contributed by atoms with Crippen molar-refractivity contribution in [2.75, 3.05) is 6.54 Å². The van der Waals surface area contributed by atoms with Crippen LogP contribution in [0, 0.1) is 5.41 Å². The third-order valence-corrected chi connectivity index (χ3v) is 3.28. The van der Waals surface area contributed by atoms with Gasteiger partial charge in [-0.1, -0.05) is 29.8 Å². The molecule has 1 aliphatic carbocycles. The summed E-state index contributed by atoms with van der Waals surface area (Å²) in [7, 11) is 0. The van der Waals surface area contributed by atoms with Gasteiger partial charge in [0.25, 0.3) is 0 Å². The Morgan fingerprint density at radius 2 is 1.93 bits per heavy atom. The zero-order valence-corrected chi connectivity index (χ0v) is 9.57. The Morgan fingerprint density at radius 3 is 2.43 bits per heavy atom. The number of halogens is 2. The van der Waals surface area contributed by atoms with Gasteiger partial charge in [0.1, 0.15) is 0 Å². The molecule has 0 saturated heterocycles. The van der Waals surface area contributed by atoms with Crippen LogP contribution in [-0.4, -0.2) is 6.54 Å². The van der Waals surface area contributed by atoms with Crippen molar-refractivity contribution in [3.63, 3.8) is 0 Å². The number of hydrogen-bond donors (Lipinski definition) is 1. The summed E-state index contributed by atoms with van der Waals surface area (Å²) in [4.78, 5) is 0. The molecule has 0 amide bonds. The molecule has 1 nitrogen and oxygen atoms in total. The van der Waals surface area contributed by atoms with E-state index in [1.807, 2.05) is 18.2 Å². The van der Waals surface area contributed by atoms with Gasteiger partial charge in [-0.05, 0) is 42.9 Å². The van der Waals surface area contributed by atoms with E-state index in [9.17, 15) is 0 Å².